The number of carbonyl (C=O) groups is 2. The summed E-state index contributed by atoms with van der Waals surface area (Å²) < 4.78 is 6.41. The SMILES string of the molecule is Cc1nnnn1/C(=C\c1ccccc1)C(=O)OCC(=O)N[C@@](C)(C#N)C1CC1. The van der Waals surface area contributed by atoms with Crippen LogP contribution in [-0.4, -0.2) is 44.2 Å². The van der Waals surface area contributed by atoms with Crippen molar-refractivity contribution in [2.45, 2.75) is 32.2 Å². The van der Waals surface area contributed by atoms with Gasteiger partial charge in [-0.15, -0.1) is 5.10 Å². The summed E-state index contributed by atoms with van der Waals surface area (Å²) >= 11 is 0. The highest BCUT2D eigenvalue weighted by Crippen LogP contribution is 2.39. The van der Waals surface area contributed by atoms with E-state index in [1.54, 1.807) is 19.9 Å². The minimum atomic E-state index is -0.946. The maximum absolute atomic E-state index is 12.6. The van der Waals surface area contributed by atoms with Crippen molar-refractivity contribution in [2.24, 2.45) is 5.92 Å². The number of rotatable bonds is 7. The summed E-state index contributed by atoms with van der Waals surface area (Å²) in [7, 11) is 0. The van der Waals surface area contributed by atoms with E-state index in [2.05, 4.69) is 26.9 Å². The fourth-order valence-electron chi connectivity index (χ4n) is 2.78. The largest absolute Gasteiger partial charge is 0.451 e. The van der Waals surface area contributed by atoms with Crippen LogP contribution in [0.1, 0.15) is 31.2 Å². The lowest BCUT2D eigenvalue weighted by Crippen LogP contribution is -2.48. The third kappa shape index (κ3) is 4.40. The Morgan fingerprint density at radius 1 is 1.39 bits per heavy atom. The molecule has 2 aromatic rings. The minimum Gasteiger partial charge on any atom is -0.451 e. The van der Waals surface area contributed by atoms with Crippen LogP contribution in [0.3, 0.4) is 0 Å². The zero-order chi connectivity index (χ0) is 20.1. The molecule has 1 aliphatic carbocycles. The number of esters is 1. The number of tetrazole rings is 1. The summed E-state index contributed by atoms with van der Waals surface area (Å²) in [6.07, 6.45) is 3.37. The first kappa shape index (κ1) is 19.2. The molecule has 1 saturated carbocycles. The summed E-state index contributed by atoms with van der Waals surface area (Å²) in [4.78, 5) is 24.8. The molecule has 1 aromatic heterocycles. The summed E-state index contributed by atoms with van der Waals surface area (Å²) in [5, 5.41) is 23.1. The summed E-state index contributed by atoms with van der Waals surface area (Å²) in [5.74, 6) is -0.750. The van der Waals surface area contributed by atoms with Gasteiger partial charge in [-0.2, -0.15) is 9.94 Å². The van der Waals surface area contributed by atoms with E-state index in [9.17, 15) is 14.9 Å². The van der Waals surface area contributed by atoms with Gasteiger partial charge in [-0.1, -0.05) is 30.3 Å². The van der Waals surface area contributed by atoms with E-state index in [1.165, 1.54) is 4.68 Å². The number of hydrogen-bond acceptors (Lipinski definition) is 7. The van der Waals surface area contributed by atoms with Gasteiger partial charge in [0.1, 0.15) is 5.54 Å². The van der Waals surface area contributed by atoms with Crippen LogP contribution in [0.5, 0.6) is 0 Å². The van der Waals surface area contributed by atoms with E-state index in [-0.39, 0.29) is 11.6 Å². The van der Waals surface area contributed by atoms with Crippen LogP contribution in [0.15, 0.2) is 30.3 Å². The molecule has 1 N–H and O–H groups in total. The van der Waals surface area contributed by atoms with E-state index < -0.39 is 24.0 Å². The molecule has 0 unspecified atom stereocenters. The van der Waals surface area contributed by atoms with E-state index >= 15 is 0 Å². The molecule has 0 radical (unpaired) electrons. The van der Waals surface area contributed by atoms with Gasteiger partial charge in [-0.25, -0.2) is 4.79 Å². The first-order valence-electron chi connectivity index (χ1n) is 8.84. The zero-order valence-corrected chi connectivity index (χ0v) is 15.6. The zero-order valence-electron chi connectivity index (χ0n) is 15.6. The number of hydrogen-bond donors (Lipinski definition) is 1. The lowest BCUT2D eigenvalue weighted by atomic mass is 9.98. The van der Waals surface area contributed by atoms with Gasteiger partial charge in [0.05, 0.1) is 6.07 Å². The summed E-state index contributed by atoms with van der Waals surface area (Å²) in [5.41, 5.74) is -0.121. The summed E-state index contributed by atoms with van der Waals surface area (Å²) in [6.45, 7) is 2.82. The molecule has 9 heteroatoms. The van der Waals surface area contributed by atoms with E-state index in [4.69, 9.17) is 4.74 Å². The molecule has 144 valence electrons. The van der Waals surface area contributed by atoms with Crippen LogP contribution in [0.4, 0.5) is 0 Å². The highest BCUT2D eigenvalue weighted by molar-refractivity contribution is 6.15. The van der Waals surface area contributed by atoms with E-state index in [0.29, 0.717) is 5.82 Å². The molecule has 1 amide bonds. The molecule has 3 rings (SSSR count). The topological polar surface area (TPSA) is 123 Å². The molecule has 0 bridgehead atoms. The highest BCUT2D eigenvalue weighted by Gasteiger charge is 2.43. The first-order chi connectivity index (χ1) is 13.4. The molecule has 1 aromatic carbocycles. The molecular weight excluding hydrogens is 360 g/mol. The molecule has 1 aliphatic rings. The predicted octanol–water partition coefficient (Wildman–Crippen LogP) is 1.33. The van der Waals surface area contributed by atoms with E-state index in [1.807, 2.05) is 30.3 Å². The van der Waals surface area contributed by atoms with Gasteiger partial charge in [0.15, 0.2) is 18.1 Å². The van der Waals surface area contributed by atoms with Crippen molar-refractivity contribution < 1.29 is 14.3 Å². The fraction of sp³-hybridized carbons (Fsp3) is 0.368. The number of benzene rings is 1. The Balaban J connectivity index is 1.72. The Morgan fingerprint density at radius 2 is 2.11 bits per heavy atom. The second-order valence-electron chi connectivity index (χ2n) is 6.79. The number of nitrogens with zero attached hydrogens (tertiary/aromatic N) is 5. The van der Waals surface area contributed by atoms with Crippen molar-refractivity contribution in [3.63, 3.8) is 0 Å². The molecule has 1 fully saturated rings. The average molecular weight is 380 g/mol. The van der Waals surface area contributed by atoms with E-state index in [0.717, 1.165) is 18.4 Å². The van der Waals surface area contributed by atoms with Crippen molar-refractivity contribution in [1.29, 1.82) is 5.26 Å². The van der Waals surface area contributed by atoms with Crippen molar-refractivity contribution in [3.8, 4) is 6.07 Å². The van der Waals surface area contributed by atoms with Crippen LogP contribution in [0.25, 0.3) is 11.8 Å². The van der Waals surface area contributed by atoms with Gasteiger partial charge in [0, 0.05) is 0 Å². The van der Waals surface area contributed by atoms with Crippen molar-refractivity contribution in [1.82, 2.24) is 25.5 Å². The van der Waals surface area contributed by atoms with Crippen LogP contribution in [0.2, 0.25) is 0 Å². The number of amides is 1. The van der Waals surface area contributed by atoms with Gasteiger partial charge in [-0.3, -0.25) is 4.79 Å². The molecule has 0 saturated heterocycles. The van der Waals surface area contributed by atoms with Crippen molar-refractivity contribution in [2.75, 3.05) is 6.61 Å². The minimum absolute atomic E-state index is 0.0757. The Hall–Kier alpha value is -3.54. The molecule has 1 atom stereocenters. The van der Waals surface area contributed by atoms with Gasteiger partial charge in [0.2, 0.25) is 0 Å². The lowest BCUT2D eigenvalue weighted by Gasteiger charge is -2.22. The number of aryl methyl sites for hydroxylation is 1. The molecule has 28 heavy (non-hydrogen) atoms. The molecule has 0 aliphatic heterocycles. The molecular formula is C19H20N6O3. The van der Waals surface area contributed by atoms with Crippen molar-refractivity contribution in [3.05, 3.63) is 41.7 Å². The Labute approximate surface area is 162 Å². The van der Waals surface area contributed by atoms with Crippen LogP contribution in [-0.2, 0) is 14.3 Å². The first-order valence-corrected chi connectivity index (χ1v) is 8.84. The van der Waals surface area contributed by atoms with Crippen molar-refractivity contribution >= 4 is 23.6 Å². The molecule has 9 nitrogen and oxygen atoms in total. The van der Waals surface area contributed by atoms with Gasteiger partial charge in [0.25, 0.3) is 5.91 Å². The van der Waals surface area contributed by atoms with Crippen LogP contribution in [0, 0.1) is 24.2 Å². The number of nitrogens with one attached hydrogen (secondary N) is 1. The van der Waals surface area contributed by atoms with Crippen LogP contribution < -0.4 is 5.32 Å². The van der Waals surface area contributed by atoms with Gasteiger partial charge < -0.3 is 10.1 Å². The Kier molecular flexibility index (Phi) is 5.49. The van der Waals surface area contributed by atoms with Gasteiger partial charge >= 0.3 is 5.97 Å². The predicted molar refractivity (Wildman–Crippen MR) is 99.0 cm³/mol. The normalized spacial score (nSPS) is 16.0. The standard InChI is InChI=1S/C19H20N6O3/c1-13-22-23-24-25(13)16(10-14-6-4-3-5-7-14)18(27)28-11-17(26)21-19(2,12-20)15-8-9-15/h3-7,10,15H,8-9,11H2,1-2H3,(H,21,26)/b16-10-/t19-/m0/s1. The monoisotopic (exact) mass is 380 g/mol. The quantitative estimate of drug-likeness (QED) is 0.568. The number of aromatic nitrogens is 4. The third-order valence-electron chi connectivity index (χ3n) is 4.53. The Morgan fingerprint density at radius 3 is 2.68 bits per heavy atom. The second kappa shape index (κ2) is 8.00. The van der Waals surface area contributed by atoms with Crippen LogP contribution >= 0.6 is 0 Å². The molecule has 1 heterocycles. The number of ether oxygens (including phenoxy) is 1. The highest BCUT2D eigenvalue weighted by atomic mass is 16.5. The molecule has 0 spiro atoms. The maximum atomic E-state index is 12.6. The number of nitriles is 1. The maximum Gasteiger partial charge on any atom is 0.357 e. The summed E-state index contributed by atoms with van der Waals surface area (Å²) in [6, 6.07) is 11.3. The van der Waals surface area contributed by atoms with Gasteiger partial charge in [-0.05, 0) is 54.7 Å². The Bertz CT molecular complexity index is 942. The smallest absolute Gasteiger partial charge is 0.357 e. The number of carbonyl (C=O) groups excluding carboxylic acids is 2. The lowest BCUT2D eigenvalue weighted by molar-refractivity contribution is -0.143. The average Bonchev–Trinajstić information content (AvgIpc) is 3.47. The fourth-order valence-corrected chi connectivity index (χ4v) is 2.78. The second-order valence-corrected chi connectivity index (χ2v) is 6.79. The third-order valence-corrected chi connectivity index (χ3v) is 4.53.